The first-order chi connectivity index (χ1) is 7.59. The zero-order valence-corrected chi connectivity index (χ0v) is 11.5. The molecule has 1 rings (SSSR count). The van der Waals surface area contributed by atoms with Crippen LogP contribution in [0.1, 0.15) is 20.3 Å². The van der Waals surface area contributed by atoms with Crippen molar-refractivity contribution in [1.29, 1.82) is 0 Å². The molecule has 0 spiro atoms. The van der Waals surface area contributed by atoms with Crippen molar-refractivity contribution in [3.63, 3.8) is 0 Å². The van der Waals surface area contributed by atoms with Gasteiger partial charge in [-0.1, -0.05) is 0 Å². The number of hydrogen-bond donors (Lipinski definition) is 2. The van der Waals surface area contributed by atoms with E-state index in [0.29, 0.717) is 13.0 Å². The average molecular weight is 334 g/mol. The van der Waals surface area contributed by atoms with Gasteiger partial charge in [0.1, 0.15) is 12.1 Å². The fraction of sp³-hybridized carbons (Fsp3) is 0.500. The highest BCUT2D eigenvalue weighted by atomic mass is 127. The van der Waals surface area contributed by atoms with Gasteiger partial charge in [0.15, 0.2) is 0 Å². The minimum Gasteiger partial charge on any atom is -0.369 e. The molecular formula is C10H15IN4O. The van der Waals surface area contributed by atoms with Crippen molar-refractivity contribution in [3.8, 4) is 0 Å². The van der Waals surface area contributed by atoms with Crippen LogP contribution in [-0.2, 0) is 4.79 Å². The average Bonchev–Trinajstić information content (AvgIpc) is 2.19. The van der Waals surface area contributed by atoms with Crippen molar-refractivity contribution < 1.29 is 4.79 Å². The highest BCUT2D eigenvalue weighted by Crippen LogP contribution is 2.11. The van der Waals surface area contributed by atoms with Gasteiger partial charge in [-0.25, -0.2) is 9.97 Å². The van der Waals surface area contributed by atoms with Crippen molar-refractivity contribution in [2.24, 2.45) is 0 Å². The van der Waals surface area contributed by atoms with E-state index in [4.69, 9.17) is 0 Å². The number of aromatic nitrogens is 2. The highest BCUT2D eigenvalue weighted by molar-refractivity contribution is 14.1. The molecule has 1 aromatic heterocycles. The van der Waals surface area contributed by atoms with Crippen LogP contribution in [0.5, 0.6) is 0 Å². The van der Waals surface area contributed by atoms with Gasteiger partial charge in [-0.3, -0.25) is 4.79 Å². The molecule has 2 N–H and O–H groups in total. The fourth-order valence-electron chi connectivity index (χ4n) is 1.13. The molecule has 6 heteroatoms. The summed E-state index contributed by atoms with van der Waals surface area (Å²) in [5, 5.41) is 5.93. The van der Waals surface area contributed by atoms with Gasteiger partial charge in [0, 0.05) is 25.2 Å². The van der Waals surface area contributed by atoms with Gasteiger partial charge in [-0.05, 0) is 36.4 Å². The second-order valence-corrected chi connectivity index (χ2v) is 4.78. The van der Waals surface area contributed by atoms with Crippen LogP contribution >= 0.6 is 22.6 Å². The predicted octanol–water partition coefficient (Wildman–Crippen LogP) is 1.41. The Morgan fingerprint density at radius 1 is 1.56 bits per heavy atom. The van der Waals surface area contributed by atoms with Crippen LogP contribution in [0, 0.1) is 3.57 Å². The Balaban J connectivity index is 2.31. The maximum atomic E-state index is 11.3. The summed E-state index contributed by atoms with van der Waals surface area (Å²) in [6.07, 6.45) is 3.65. The maximum absolute atomic E-state index is 11.3. The van der Waals surface area contributed by atoms with Crippen LogP contribution in [0.2, 0.25) is 0 Å². The smallest absolute Gasteiger partial charge is 0.221 e. The first kappa shape index (κ1) is 13.1. The Bertz CT molecular complexity index is 356. The molecule has 5 nitrogen and oxygen atoms in total. The third kappa shape index (κ3) is 4.73. The monoisotopic (exact) mass is 334 g/mol. The maximum Gasteiger partial charge on any atom is 0.221 e. The number of nitrogens with one attached hydrogen (secondary N) is 2. The summed E-state index contributed by atoms with van der Waals surface area (Å²) in [5.41, 5.74) is 0. The van der Waals surface area contributed by atoms with E-state index in [9.17, 15) is 4.79 Å². The second kappa shape index (κ2) is 6.62. The van der Waals surface area contributed by atoms with Gasteiger partial charge >= 0.3 is 0 Å². The zero-order valence-electron chi connectivity index (χ0n) is 9.33. The standard InChI is InChI=1S/C10H15IN4O/c1-7(2)15-9(16)3-4-13-10-8(11)5-12-6-14-10/h5-7H,3-4H2,1-2H3,(H,15,16)(H,12,13,14). The molecule has 0 radical (unpaired) electrons. The van der Waals surface area contributed by atoms with Crippen LogP contribution in [0.3, 0.4) is 0 Å². The lowest BCUT2D eigenvalue weighted by Gasteiger charge is -2.09. The van der Waals surface area contributed by atoms with Crippen molar-refractivity contribution in [2.75, 3.05) is 11.9 Å². The van der Waals surface area contributed by atoms with Crippen molar-refractivity contribution in [1.82, 2.24) is 15.3 Å². The van der Waals surface area contributed by atoms with E-state index in [1.165, 1.54) is 6.33 Å². The van der Waals surface area contributed by atoms with Gasteiger partial charge in [-0.2, -0.15) is 0 Å². The molecule has 0 aliphatic rings. The first-order valence-electron chi connectivity index (χ1n) is 5.08. The van der Waals surface area contributed by atoms with Gasteiger partial charge in [0.25, 0.3) is 0 Å². The topological polar surface area (TPSA) is 66.9 Å². The molecule has 16 heavy (non-hydrogen) atoms. The SMILES string of the molecule is CC(C)NC(=O)CCNc1ncncc1I. The van der Waals surface area contributed by atoms with E-state index in [0.717, 1.165) is 9.39 Å². The molecule has 0 unspecified atom stereocenters. The molecule has 0 saturated heterocycles. The lowest BCUT2D eigenvalue weighted by atomic mass is 10.3. The molecule has 1 heterocycles. The van der Waals surface area contributed by atoms with Crippen LogP contribution in [-0.4, -0.2) is 28.5 Å². The molecule has 0 atom stereocenters. The summed E-state index contributed by atoms with van der Waals surface area (Å²) >= 11 is 2.15. The molecule has 0 aromatic carbocycles. The number of anilines is 1. The summed E-state index contributed by atoms with van der Waals surface area (Å²) in [6.45, 7) is 4.46. The van der Waals surface area contributed by atoms with Crippen LogP contribution in [0.4, 0.5) is 5.82 Å². The van der Waals surface area contributed by atoms with Crippen molar-refractivity contribution in [3.05, 3.63) is 16.1 Å². The largest absolute Gasteiger partial charge is 0.369 e. The highest BCUT2D eigenvalue weighted by Gasteiger charge is 2.04. The van der Waals surface area contributed by atoms with Crippen LogP contribution in [0.25, 0.3) is 0 Å². The summed E-state index contributed by atoms with van der Waals surface area (Å²) in [4.78, 5) is 19.3. The minimum atomic E-state index is 0.0477. The Labute approximate surface area is 109 Å². The number of amides is 1. The van der Waals surface area contributed by atoms with Gasteiger partial charge in [0.2, 0.25) is 5.91 Å². The number of nitrogens with zero attached hydrogens (tertiary/aromatic N) is 2. The molecule has 0 fully saturated rings. The molecule has 1 aromatic rings. The Morgan fingerprint density at radius 2 is 2.31 bits per heavy atom. The third-order valence-electron chi connectivity index (χ3n) is 1.76. The predicted molar refractivity (Wildman–Crippen MR) is 71.1 cm³/mol. The molecule has 0 aliphatic heterocycles. The normalized spacial score (nSPS) is 10.2. The van der Waals surface area contributed by atoms with Crippen LogP contribution in [0.15, 0.2) is 12.5 Å². The number of rotatable bonds is 5. The first-order valence-corrected chi connectivity index (χ1v) is 6.16. The number of halogens is 1. The minimum absolute atomic E-state index is 0.0477. The number of carbonyl (C=O) groups excluding carboxylic acids is 1. The molecule has 0 bridgehead atoms. The summed E-state index contributed by atoms with van der Waals surface area (Å²) in [5.74, 6) is 0.819. The van der Waals surface area contributed by atoms with Gasteiger partial charge in [-0.15, -0.1) is 0 Å². The van der Waals surface area contributed by atoms with Gasteiger partial charge < -0.3 is 10.6 Å². The quantitative estimate of drug-likeness (QED) is 0.799. The van der Waals surface area contributed by atoms with E-state index >= 15 is 0 Å². The Hall–Kier alpha value is -0.920. The van der Waals surface area contributed by atoms with Crippen LogP contribution < -0.4 is 10.6 Å². The van der Waals surface area contributed by atoms with E-state index in [1.807, 2.05) is 13.8 Å². The second-order valence-electron chi connectivity index (χ2n) is 3.62. The number of hydrogen-bond acceptors (Lipinski definition) is 4. The van der Waals surface area contributed by atoms with Crippen molar-refractivity contribution >= 4 is 34.3 Å². The Kier molecular flexibility index (Phi) is 5.44. The summed E-state index contributed by atoms with van der Waals surface area (Å²) in [6, 6.07) is 0.187. The van der Waals surface area contributed by atoms with E-state index < -0.39 is 0 Å². The molecule has 1 amide bonds. The summed E-state index contributed by atoms with van der Waals surface area (Å²) < 4.78 is 0.948. The lowest BCUT2D eigenvalue weighted by Crippen LogP contribution is -2.31. The molecular weight excluding hydrogens is 319 g/mol. The van der Waals surface area contributed by atoms with E-state index in [-0.39, 0.29) is 11.9 Å². The molecule has 88 valence electrons. The van der Waals surface area contributed by atoms with Gasteiger partial charge in [0.05, 0.1) is 3.57 Å². The molecule has 0 saturated carbocycles. The third-order valence-corrected chi connectivity index (χ3v) is 2.55. The lowest BCUT2D eigenvalue weighted by molar-refractivity contribution is -0.121. The van der Waals surface area contributed by atoms with E-state index in [2.05, 4.69) is 43.2 Å². The number of carbonyl (C=O) groups is 1. The van der Waals surface area contributed by atoms with Crippen molar-refractivity contribution in [2.45, 2.75) is 26.3 Å². The summed E-state index contributed by atoms with van der Waals surface area (Å²) in [7, 11) is 0. The van der Waals surface area contributed by atoms with E-state index in [1.54, 1.807) is 6.20 Å². The zero-order chi connectivity index (χ0) is 12.0. The Morgan fingerprint density at radius 3 is 2.94 bits per heavy atom. The fourth-order valence-corrected chi connectivity index (χ4v) is 1.62. The molecule has 0 aliphatic carbocycles.